The zero-order chi connectivity index (χ0) is 19.2. The van der Waals surface area contributed by atoms with E-state index in [0.29, 0.717) is 12.1 Å². The lowest BCUT2D eigenvalue weighted by Gasteiger charge is -2.16. The number of fused-ring (bicyclic) bond motifs is 1. The number of carbonyl (C=O) groups excluding carboxylic acids is 1. The Morgan fingerprint density at radius 2 is 1.89 bits per heavy atom. The Hall–Kier alpha value is -2.74. The summed E-state index contributed by atoms with van der Waals surface area (Å²) in [5.41, 5.74) is 8.37. The third kappa shape index (κ3) is 4.92. The molecule has 0 saturated heterocycles. The molecule has 2 aromatic carbocycles. The molecule has 7 heteroatoms. The highest BCUT2D eigenvalue weighted by molar-refractivity contribution is 6.41. The van der Waals surface area contributed by atoms with Crippen molar-refractivity contribution in [3.8, 4) is 0 Å². The molecular formula is C20H22BN3O3. The number of pyridine rings is 1. The maximum atomic E-state index is 12.7. The van der Waals surface area contributed by atoms with E-state index in [0.717, 1.165) is 21.9 Å². The summed E-state index contributed by atoms with van der Waals surface area (Å²) >= 11 is 0. The zero-order valence-corrected chi connectivity index (χ0v) is 14.9. The highest BCUT2D eigenvalue weighted by atomic mass is 16.4. The SMILES string of the molecule is NCC(C(=O)Nc1ccc2cnccc2c1)c1ccc(CCB(O)O)cc1. The second kappa shape index (κ2) is 8.77. The number of carbonyl (C=O) groups is 1. The minimum Gasteiger partial charge on any atom is -0.427 e. The van der Waals surface area contributed by atoms with Gasteiger partial charge in [-0.15, -0.1) is 0 Å². The van der Waals surface area contributed by atoms with Crippen molar-refractivity contribution >= 4 is 29.5 Å². The molecule has 0 spiro atoms. The van der Waals surface area contributed by atoms with E-state index in [1.54, 1.807) is 12.4 Å². The minimum absolute atomic E-state index is 0.163. The van der Waals surface area contributed by atoms with Gasteiger partial charge in [0.05, 0.1) is 5.92 Å². The molecule has 0 saturated carbocycles. The van der Waals surface area contributed by atoms with E-state index in [2.05, 4.69) is 10.3 Å². The second-order valence-electron chi connectivity index (χ2n) is 6.48. The number of nitrogens with two attached hydrogens (primary N) is 1. The van der Waals surface area contributed by atoms with E-state index < -0.39 is 13.0 Å². The zero-order valence-electron chi connectivity index (χ0n) is 14.9. The van der Waals surface area contributed by atoms with Crippen molar-refractivity contribution in [2.24, 2.45) is 5.73 Å². The Labute approximate surface area is 158 Å². The monoisotopic (exact) mass is 363 g/mol. The minimum atomic E-state index is -1.31. The van der Waals surface area contributed by atoms with Gasteiger partial charge in [-0.25, -0.2) is 0 Å². The van der Waals surface area contributed by atoms with Crippen LogP contribution in [0.2, 0.25) is 6.32 Å². The molecule has 0 aliphatic heterocycles. The van der Waals surface area contributed by atoms with Crippen molar-refractivity contribution in [2.45, 2.75) is 18.7 Å². The van der Waals surface area contributed by atoms with Crippen LogP contribution in [0.25, 0.3) is 10.8 Å². The molecule has 0 radical (unpaired) electrons. The molecule has 1 heterocycles. The molecule has 0 bridgehead atoms. The van der Waals surface area contributed by atoms with Gasteiger partial charge < -0.3 is 21.1 Å². The summed E-state index contributed by atoms with van der Waals surface area (Å²) in [7, 11) is -1.31. The summed E-state index contributed by atoms with van der Waals surface area (Å²) in [5.74, 6) is -0.625. The van der Waals surface area contributed by atoms with E-state index in [9.17, 15) is 4.79 Å². The van der Waals surface area contributed by atoms with Crippen molar-refractivity contribution in [2.75, 3.05) is 11.9 Å². The topological polar surface area (TPSA) is 108 Å². The summed E-state index contributed by atoms with van der Waals surface area (Å²) < 4.78 is 0. The average molecular weight is 363 g/mol. The van der Waals surface area contributed by atoms with Gasteiger partial charge in [0.2, 0.25) is 5.91 Å². The van der Waals surface area contributed by atoms with Crippen molar-refractivity contribution in [1.29, 1.82) is 0 Å². The molecule has 5 N–H and O–H groups in total. The number of rotatable bonds is 7. The van der Waals surface area contributed by atoms with Gasteiger partial charge in [-0.1, -0.05) is 30.3 Å². The number of hydrogen-bond donors (Lipinski definition) is 4. The Balaban J connectivity index is 1.71. The predicted molar refractivity (Wildman–Crippen MR) is 107 cm³/mol. The molecule has 0 aliphatic carbocycles. The summed E-state index contributed by atoms with van der Waals surface area (Å²) in [6.07, 6.45) is 4.33. The van der Waals surface area contributed by atoms with Crippen LogP contribution >= 0.6 is 0 Å². The van der Waals surface area contributed by atoms with Gasteiger partial charge in [-0.3, -0.25) is 9.78 Å². The van der Waals surface area contributed by atoms with Gasteiger partial charge in [-0.05, 0) is 47.5 Å². The molecule has 0 fully saturated rings. The van der Waals surface area contributed by atoms with E-state index in [1.165, 1.54) is 0 Å². The van der Waals surface area contributed by atoms with Crippen LogP contribution in [0.1, 0.15) is 17.0 Å². The first-order valence-corrected chi connectivity index (χ1v) is 8.86. The van der Waals surface area contributed by atoms with Crippen LogP contribution in [0.4, 0.5) is 5.69 Å². The number of amides is 1. The van der Waals surface area contributed by atoms with E-state index in [-0.39, 0.29) is 18.8 Å². The van der Waals surface area contributed by atoms with Crippen molar-refractivity contribution in [3.05, 3.63) is 72.1 Å². The summed E-state index contributed by atoms with van der Waals surface area (Å²) in [6.45, 7) is 0.192. The first kappa shape index (κ1) is 19.0. The van der Waals surface area contributed by atoms with Crippen LogP contribution in [-0.4, -0.2) is 34.6 Å². The Morgan fingerprint density at radius 3 is 2.59 bits per heavy atom. The normalized spacial score (nSPS) is 12.0. The van der Waals surface area contributed by atoms with Crippen molar-refractivity contribution < 1.29 is 14.8 Å². The van der Waals surface area contributed by atoms with Crippen molar-refractivity contribution in [3.63, 3.8) is 0 Å². The number of anilines is 1. The van der Waals surface area contributed by atoms with E-state index >= 15 is 0 Å². The molecule has 1 atom stereocenters. The van der Waals surface area contributed by atoms with Crippen LogP contribution in [0.3, 0.4) is 0 Å². The van der Waals surface area contributed by atoms with Gasteiger partial charge in [-0.2, -0.15) is 0 Å². The lowest BCUT2D eigenvalue weighted by atomic mass is 9.82. The van der Waals surface area contributed by atoms with Gasteiger partial charge in [0.1, 0.15) is 0 Å². The largest absolute Gasteiger partial charge is 0.451 e. The molecule has 3 aromatic rings. The standard InChI is InChI=1S/C20H22BN3O3/c22-12-19(15-3-1-14(2-4-15)7-9-21(26)27)20(25)24-18-6-5-17-13-23-10-8-16(17)11-18/h1-6,8,10-11,13,19,26-27H,7,9,12,22H2,(H,24,25). The number of benzene rings is 2. The lowest BCUT2D eigenvalue weighted by molar-refractivity contribution is -0.117. The van der Waals surface area contributed by atoms with E-state index in [4.69, 9.17) is 15.8 Å². The number of nitrogens with one attached hydrogen (secondary N) is 1. The fourth-order valence-electron chi connectivity index (χ4n) is 3.00. The number of aryl methyl sites for hydroxylation is 1. The third-order valence-electron chi connectivity index (χ3n) is 4.53. The number of aromatic nitrogens is 1. The van der Waals surface area contributed by atoms with Gasteiger partial charge in [0.15, 0.2) is 0 Å². The fraction of sp³-hybridized carbons (Fsp3) is 0.200. The lowest BCUT2D eigenvalue weighted by Crippen LogP contribution is -2.27. The van der Waals surface area contributed by atoms with Gasteiger partial charge >= 0.3 is 7.12 Å². The molecule has 6 nitrogen and oxygen atoms in total. The number of hydrogen-bond acceptors (Lipinski definition) is 5. The molecule has 138 valence electrons. The molecule has 1 unspecified atom stereocenters. The maximum Gasteiger partial charge on any atom is 0.451 e. The first-order chi connectivity index (χ1) is 13.1. The smallest absolute Gasteiger partial charge is 0.427 e. The summed E-state index contributed by atoms with van der Waals surface area (Å²) in [6, 6.07) is 15.1. The van der Waals surface area contributed by atoms with Gasteiger partial charge in [0, 0.05) is 30.0 Å². The molecule has 0 aliphatic rings. The van der Waals surface area contributed by atoms with Crippen LogP contribution in [0.15, 0.2) is 60.9 Å². The number of nitrogens with zero attached hydrogens (tertiary/aromatic N) is 1. The third-order valence-corrected chi connectivity index (χ3v) is 4.53. The molecule has 1 aromatic heterocycles. The average Bonchev–Trinajstić information content (AvgIpc) is 2.68. The van der Waals surface area contributed by atoms with Crippen molar-refractivity contribution in [1.82, 2.24) is 4.98 Å². The van der Waals surface area contributed by atoms with E-state index in [1.807, 2.05) is 48.5 Å². The summed E-state index contributed by atoms with van der Waals surface area (Å²) in [5, 5.41) is 22.9. The van der Waals surface area contributed by atoms with Gasteiger partial charge in [0.25, 0.3) is 0 Å². The molecular weight excluding hydrogens is 341 g/mol. The fourth-order valence-corrected chi connectivity index (χ4v) is 3.00. The highest BCUT2D eigenvalue weighted by Gasteiger charge is 2.19. The highest BCUT2D eigenvalue weighted by Crippen LogP contribution is 2.22. The quantitative estimate of drug-likeness (QED) is 0.480. The Bertz CT molecular complexity index is 916. The predicted octanol–water partition coefficient (Wildman–Crippen LogP) is 1.93. The Kier molecular flexibility index (Phi) is 6.18. The van der Waals surface area contributed by atoms with Crippen LogP contribution < -0.4 is 11.1 Å². The second-order valence-corrected chi connectivity index (χ2v) is 6.48. The molecule has 27 heavy (non-hydrogen) atoms. The van der Waals surface area contributed by atoms with Crippen LogP contribution in [0, 0.1) is 0 Å². The summed E-state index contributed by atoms with van der Waals surface area (Å²) in [4.78, 5) is 16.8. The van der Waals surface area contributed by atoms with Crippen LogP contribution in [0.5, 0.6) is 0 Å². The first-order valence-electron chi connectivity index (χ1n) is 8.86. The Morgan fingerprint density at radius 1 is 1.11 bits per heavy atom. The van der Waals surface area contributed by atoms with Crippen LogP contribution in [-0.2, 0) is 11.2 Å². The molecule has 1 amide bonds. The maximum absolute atomic E-state index is 12.7. The molecule has 3 rings (SSSR count).